The summed E-state index contributed by atoms with van der Waals surface area (Å²) >= 11 is 0. The molecular formula is C16H24O5. The minimum atomic E-state index is -0.522. The Balaban J connectivity index is 1.47. The van der Waals surface area contributed by atoms with E-state index in [9.17, 15) is 4.79 Å². The summed E-state index contributed by atoms with van der Waals surface area (Å²) in [6, 6.07) is 0. The lowest BCUT2D eigenvalue weighted by atomic mass is 10.0. The fourth-order valence-electron chi connectivity index (χ4n) is 3.26. The van der Waals surface area contributed by atoms with E-state index in [4.69, 9.17) is 18.9 Å². The second-order valence-corrected chi connectivity index (χ2v) is 6.62. The number of carbonyl (C=O) groups is 1. The van der Waals surface area contributed by atoms with Crippen molar-refractivity contribution < 1.29 is 23.7 Å². The van der Waals surface area contributed by atoms with Gasteiger partial charge in [-0.05, 0) is 45.1 Å². The molecule has 0 saturated carbocycles. The molecule has 4 atom stereocenters. The molecule has 3 heterocycles. The Labute approximate surface area is 125 Å². The van der Waals surface area contributed by atoms with Crippen molar-refractivity contribution in [2.45, 2.75) is 76.2 Å². The molecule has 0 aromatic carbocycles. The molecule has 118 valence electrons. The molecule has 5 nitrogen and oxygen atoms in total. The summed E-state index contributed by atoms with van der Waals surface area (Å²) in [7, 11) is 0. The maximum atomic E-state index is 11.1. The molecule has 0 N–H and O–H groups in total. The molecule has 0 bridgehead atoms. The molecule has 1 unspecified atom stereocenters. The number of rotatable bonds is 4. The van der Waals surface area contributed by atoms with Crippen molar-refractivity contribution in [1.82, 2.24) is 0 Å². The maximum Gasteiger partial charge on any atom is 0.306 e. The lowest BCUT2D eigenvalue weighted by Gasteiger charge is -2.21. The summed E-state index contributed by atoms with van der Waals surface area (Å²) < 4.78 is 22.8. The molecule has 3 saturated heterocycles. The summed E-state index contributed by atoms with van der Waals surface area (Å²) in [6.07, 6.45) is 3.98. The van der Waals surface area contributed by atoms with Crippen LogP contribution in [0.4, 0.5) is 0 Å². The van der Waals surface area contributed by atoms with E-state index in [1.807, 2.05) is 13.8 Å². The average Bonchev–Trinajstić information content (AvgIpc) is 3.07. The Morgan fingerprint density at radius 1 is 1.29 bits per heavy atom. The number of hydrogen-bond donors (Lipinski definition) is 0. The zero-order valence-electron chi connectivity index (χ0n) is 12.8. The van der Waals surface area contributed by atoms with Gasteiger partial charge in [-0.1, -0.05) is 6.58 Å². The Kier molecular flexibility index (Phi) is 4.08. The first-order valence-electron chi connectivity index (χ1n) is 7.77. The van der Waals surface area contributed by atoms with Crippen LogP contribution in [0.2, 0.25) is 0 Å². The molecule has 0 aromatic heterocycles. The quantitative estimate of drug-likeness (QED) is 0.589. The first kappa shape index (κ1) is 15.0. The number of carbonyl (C=O) groups excluding carboxylic acids is 1. The summed E-state index contributed by atoms with van der Waals surface area (Å²) in [6.45, 7) is 8.53. The molecule has 3 fully saturated rings. The van der Waals surface area contributed by atoms with Gasteiger partial charge in [-0.3, -0.25) is 4.79 Å². The minimum absolute atomic E-state index is 0.0222. The van der Waals surface area contributed by atoms with Crippen LogP contribution in [-0.4, -0.2) is 42.8 Å². The maximum absolute atomic E-state index is 11.1. The third-order valence-electron chi connectivity index (χ3n) is 4.42. The fourth-order valence-corrected chi connectivity index (χ4v) is 3.26. The van der Waals surface area contributed by atoms with E-state index >= 15 is 0 Å². The molecule has 0 spiro atoms. The molecule has 0 aromatic rings. The fraction of sp³-hybridized carbons (Fsp3) is 0.812. The molecule has 3 aliphatic heterocycles. The predicted molar refractivity (Wildman–Crippen MR) is 75.7 cm³/mol. The lowest BCUT2D eigenvalue weighted by molar-refractivity contribution is -0.155. The molecule has 0 aliphatic carbocycles. The molecule has 0 amide bonds. The zero-order valence-corrected chi connectivity index (χ0v) is 12.8. The third kappa shape index (κ3) is 3.47. The van der Waals surface area contributed by atoms with Gasteiger partial charge in [0.05, 0.1) is 18.8 Å². The van der Waals surface area contributed by atoms with Crippen molar-refractivity contribution in [2.24, 2.45) is 0 Å². The topological polar surface area (TPSA) is 54.0 Å². The van der Waals surface area contributed by atoms with Crippen LogP contribution in [0.25, 0.3) is 0 Å². The SMILES string of the molecule is C=C1CC([C@H]2COC(C)(C)O2)O[C@H]1CC[C@@H]1CCC(=O)O1. The monoisotopic (exact) mass is 296 g/mol. The second kappa shape index (κ2) is 5.71. The van der Waals surface area contributed by atoms with Crippen molar-refractivity contribution in [3.8, 4) is 0 Å². The van der Waals surface area contributed by atoms with Crippen LogP contribution in [0.5, 0.6) is 0 Å². The predicted octanol–water partition coefficient (Wildman–Crippen LogP) is 2.34. The van der Waals surface area contributed by atoms with Gasteiger partial charge >= 0.3 is 5.97 Å². The van der Waals surface area contributed by atoms with Gasteiger partial charge in [-0.25, -0.2) is 0 Å². The van der Waals surface area contributed by atoms with E-state index in [2.05, 4.69) is 6.58 Å². The van der Waals surface area contributed by atoms with Crippen LogP contribution in [0.1, 0.15) is 46.0 Å². The van der Waals surface area contributed by atoms with Crippen LogP contribution >= 0.6 is 0 Å². The van der Waals surface area contributed by atoms with Crippen molar-refractivity contribution >= 4 is 5.97 Å². The highest BCUT2D eigenvalue weighted by molar-refractivity contribution is 5.71. The molecule has 0 radical (unpaired) electrons. The van der Waals surface area contributed by atoms with Crippen molar-refractivity contribution in [3.05, 3.63) is 12.2 Å². The summed E-state index contributed by atoms with van der Waals surface area (Å²) in [4.78, 5) is 11.1. The van der Waals surface area contributed by atoms with Gasteiger partial charge in [-0.2, -0.15) is 0 Å². The highest BCUT2D eigenvalue weighted by atomic mass is 16.7. The number of hydrogen-bond acceptors (Lipinski definition) is 5. The van der Waals surface area contributed by atoms with Gasteiger partial charge in [0.1, 0.15) is 12.2 Å². The van der Waals surface area contributed by atoms with E-state index < -0.39 is 5.79 Å². The van der Waals surface area contributed by atoms with Crippen LogP contribution in [-0.2, 0) is 23.7 Å². The molecule has 3 rings (SSSR count). The highest BCUT2D eigenvalue weighted by Crippen LogP contribution is 2.35. The van der Waals surface area contributed by atoms with E-state index in [-0.39, 0.29) is 30.4 Å². The van der Waals surface area contributed by atoms with Gasteiger partial charge in [0.2, 0.25) is 0 Å². The smallest absolute Gasteiger partial charge is 0.306 e. The highest BCUT2D eigenvalue weighted by Gasteiger charge is 2.42. The first-order valence-corrected chi connectivity index (χ1v) is 7.77. The van der Waals surface area contributed by atoms with Crippen molar-refractivity contribution in [3.63, 3.8) is 0 Å². The normalized spacial score (nSPS) is 39.0. The Bertz CT molecular complexity index is 430. The van der Waals surface area contributed by atoms with Gasteiger partial charge in [0.15, 0.2) is 5.79 Å². The lowest BCUT2D eigenvalue weighted by Crippen LogP contribution is -2.31. The standard InChI is InChI=1S/C16H24O5/c1-10-8-13(14-9-18-16(2,3)21-14)20-12(10)6-4-11-5-7-15(17)19-11/h11-14H,1,4-9H2,2-3H3/t11-,12+,13?,14-/m1/s1. The van der Waals surface area contributed by atoms with E-state index in [1.54, 1.807) is 0 Å². The van der Waals surface area contributed by atoms with Crippen LogP contribution < -0.4 is 0 Å². The zero-order chi connectivity index (χ0) is 15.0. The summed E-state index contributed by atoms with van der Waals surface area (Å²) in [5.41, 5.74) is 1.11. The number of ether oxygens (including phenoxy) is 4. The Morgan fingerprint density at radius 3 is 2.71 bits per heavy atom. The Morgan fingerprint density at radius 2 is 2.10 bits per heavy atom. The average molecular weight is 296 g/mol. The largest absolute Gasteiger partial charge is 0.462 e. The van der Waals surface area contributed by atoms with Gasteiger partial charge in [0.25, 0.3) is 0 Å². The van der Waals surface area contributed by atoms with Crippen molar-refractivity contribution in [2.75, 3.05) is 6.61 Å². The van der Waals surface area contributed by atoms with Crippen LogP contribution in [0.3, 0.4) is 0 Å². The van der Waals surface area contributed by atoms with E-state index in [0.717, 1.165) is 31.3 Å². The Hall–Kier alpha value is -0.910. The summed E-state index contributed by atoms with van der Waals surface area (Å²) in [5.74, 6) is -0.603. The van der Waals surface area contributed by atoms with Gasteiger partial charge < -0.3 is 18.9 Å². The van der Waals surface area contributed by atoms with Gasteiger partial charge in [0, 0.05) is 6.42 Å². The molecule has 5 heteroatoms. The number of cyclic esters (lactones) is 1. The third-order valence-corrected chi connectivity index (χ3v) is 4.42. The van der Waals surface area contributed by atoms with Crippen molar-refractivity contribution in [1.29, 1.82) is 0 Å². The summed E-state index contributed by atoms with van der Waals surface area (Å²) in [5, 5.41) is 0. The molecule has 3 aliphatic rings. The first-order chi connectivity index (χ1) is 9.93. The molecule has 21 heavy (non-hydrogen) atoms. The number of esters is 1. The second-order valence-electron chi connectivity index (χ2n) is 6.62. The van der Waals surface area contributed by atoms with E-state index in [1.165, 1.54) is 0 Å². The van der Waals surface area contributed by atoms with Crippen LogP contribution in [0.15, 0.2) is 12.2 Å². The van der Waals surface area contributed by atoms with Crippen LogP contribution in [0, 0.1) is 0 Å². The minimum Gasteiger partial charge on any atom is -0.462 e. The molecular weight excluding hydrogens is 272 g/mol. The van der Waals surface area contributed by atoms with E-state index in [0.29, 0.717) is 13.0 Å². The van der Waals surface area contributed by atoms with Gasteiger partial charge in [-0.15, -0.1) is 0 Å².